The third-order valence-electron chi connectivity index (χ3n) is 5.80. The molecule has 1 aliphatic heterocycles. The summed E-state index contributed by atoms with van der Waals surface area (Å²) in [6.45, 7) is 3.92. The monoisotopic (exact) mass is 459 g/mol. The number of carbonyl (C=O) groups excluding carboxylic acids is 1. The lowest BCUT2D eigenvalue weighted by Crippen LogP contribution is -2.40. The lowest BCUT2D eigenvalue weighted by Gasteiger charge is -2.28. The van der Waals surface area contributed by atoms with Gasteiger partial charge in [0.2, 0.25) is 0 Å². The summed E-state index contributed by atoms with van der Waals surface area (Å²) < 4.78 is 30.1. The van der Waals surface area contributed by atoms with Crippen LogP contribution >= 0.6 is 11.6 Å². The Morgan fingerprint density at radius 1 is 1.16 bits per heavy atom. The normalized spacial score (nSPS) is 17.7. The molecule has 0 aliphatic carbocycles. The minimum atomic E-state index is -3.22. The van der Waals surface area contributed by atoms with Gasteiger partial charge in [-0.05, 0) is 55.2 Å². The van der Waals surface area contributed by atoms with E-state index >= 15 is 0 Å². The molecule has 1 aromatic heterocycles. The molecule has 0 radical (unpaired) electrons. The summed E-state index contributed by atoms with van der Waals surface area (Å²) >= 11 is 5.96. The first-order valence-electron chi connectivity index (χ1n) is 9.94. The zero-order chi connectivity index (χ0) is 22.3. The Morgan fingerprint density at radius 2 is 1.87 bits per heavy atom. The number of hydrogen-bond acceptors (Lipinski definition) is 5. The molecule has 3 aromatic rings. The standard InChI is InChI=1S/C23H22ClNO5S/c1-14-3-8-19-20(26)11-21(30-22(19)15(14)2)23(27)25(18-9-10-31(28,29)13-18)12-16-4-6-17(24)7-5-16/h3-8,11,18H,9-10,12-13H2,1-2H3/t18-/m0/s1. The highest BCUT2D eigenvalue weighted by molar-refractivity contribution is 7.91. The van der Waals surface area contributed by atoms with Gasteiger partial charge in [-0.1, -0.05) is 29.8 Å². The van der Waals surface area contributed by atoms with E-state index in [1.807, 2.05) is 19.9 Å². The van der Waals surface area contributed by atoms with Crippen LogP contribution in [0, 0.1) is 13.8 Å². The van der Waals surface area contributed by atoms with Crippen molar-refractivity contribution in [3.05, 3.63) is 80.2 Å². The van der Waals surface area contributed by atoms with Crippen molar-refractivity contribution in [2.75, 3.05) is 11.5 Å². The number of aryl methyl sites for hydroxylation is 2. The van der Waals surface area contributed by atoms with Crippen molar-refractivity contribution in [2.24, 2.45) is 0 Å². The van der Waals surface area contributed by atoms with Crippen molar-refractivity contribution in [1.82, 2.24) is 4.90 Å². The van der Waals surface area contributed by atoms with E-state index in [0.29, 0.717) is 22.4 Å². The van der Waals surface area contributed by atoms with Crippen molar-refractivity contribution in [1.29, 1.82) is 0 Å². The van der Waals surface area contributed by atoms with Crippen LogP contribution in [-0.2, 0) is 16.4 Å². The molecule has 0 bridgehead atoms. The Bertz CT molecular complexity index is 1330. The number of benzene rings is 2. The third kappa shape index (κ3) is 4.38. The summed E-state index contributed by atoms with van der Waals surface area (Å²) in [4.78, 5) is 27.6. The molecule has 0 unspecified atom stereocenters. The van der Waals surface area contributed by atoms with Crippen LogP contribution in [0.1, 0.15) is 33.7 Å². The van der Waals surface area contributed by atoms with Crippen molar-refractivity contribution in [3.63, 3.8) is 0 Å². The number of fused-ring (bicyclic) bond motifs is 1. The van der Waals surface area contributed by atoms with Gasteiger partial charge in [-0.2, -0.15) is 0 Å². The van der Waals surface area contributed by atoms with Crippen LogP contribution in [0.5, 0.6) is 0 Å². The molecule has 2 aromatic carbocycles. The topological polar surface area (TPSA) is 84.7 Å². The summed E-state index contributed by atoms with van der Waals surface area (Å²) in [7, 11) is -3.22. The van der Waals surface area contributed by atoms with Crippen LogP contribution in [-0.4, -0.2) is 36.8 Å². The molecule has 0 N–H and O–H groups in total. The Hall–Kier alpha value is -2.64. The molecule has 6 nitrogen and oxygen atoms in total. The van der Waals surface area contributed by atoms with Gasteiger partial charge >= 0.3 is 0 Å². The largest absolute Gasteiger partial charge is 0.450 e. The van der Waals surface area contributed by atoms with Gasteiger partial charge in [0, 0.05) is 23.7 Å². The van der Waals surface area contributed by atoms with Crippen LogP contribution in [0.2, 0.25) is 5.02 Å². The molecule has 1 saturated heterocycles. The predicted octanol–water partition coefficient (Wildman–Crippen LogP) is 3.89. The second-order valence-electron chi connectivity index (χ2n) is 7.98. The van der Waals surface area contributed by atoms with Gasteiger partial charge in [-0.3, -0.25) is 9.59 Å². The molecular formula is C23H22ClNO5S. The zero-order valence-electron chi connectivity index (χ0n) is 17.2. The predicted molar refractivity (Wildman–Crippen MR) is 120 cm³/mol. The van der Waals surface area contributed by atoms with Gasteiger partial charge in [-0.15, -0.1) is 0 Å². The van der Waals surface area contributed by atoms with E-state index in [9.17, 15) is 18.0 Å². The first kappa shape index (κ1) is 21.6. The highest BCUT2D eigenvalue weighted by Crippen LogP contribution is 2.25. The maximum absolute atomic E-state index is 13.5. The van der Waals surface area contributed by atoms with Crippen LogP contribution in [0.15, 0.2) is 51.7 Å². The average molecular weight is 460 g/mol. The number of nitrogens with zero attached hydrogens (tertiary/aromatic N) is 1. The maximum atomic E-state index is 13.5. The average Bonchev–Trinajstić information content (AvgIpc) is 3.09. The molecule has 1 amide bonds. The van der Waals surface area contributed by atoms with Gasteiger partial charge in [0.25, 0.3) is 5.91 Å². The fourth-order valence-corrected chi connectivity index (χ4v) is 5.73. The second-order valence-corrected chi connectivity index (χ2v) is 10.6. The van der Waals surface area contributed by atoms with E-state index in [2.05, 4.69) is 0 Å². The molecule has 0 spiro atoms. The Morgan fingerprint density at radius 3 is 2.52 bits per heavy atom. The van der Waals surface area contributed by atoms with Crippen LogP contribution < -0.4 is 5.43 Å². The fraction of sp³-hybridized carbons (Fsp3) is 0.304. The lowest BCUT2D eigenvalue weighted by molar-refractivity contribution is 0.0648. The molecule has 0 saturated carbocycles. The van der Waals surface area contributed by atoms with E-state index in [4.69, 9.17) is 16.0 Å². The third-order valence-corrected chi connectivity index (χ3v) is 7.81. The van der Waals surface area contributed by atoms with E-state index < -0.39 is 21.8 Å². The number of amides is 1. The molecule has 162 valence electrons. The van der Waals surface area contributed by atoms with Crippen molar-refractivity contribution >= 4 is 38.3 Å². The molecule has 1 atom stereocenters. The van der Waals surface area contributed by atoms with Gasteiger partial charge in [0.1, 0.15) is 5.58 Å². The van der Waals surface area contributed by atoms with Crippen LogP contribution in [0.25, 0.3) is 11.0 Å². The lowest BCUT2D eigenvalue weighted by atomic mass is 10.1. The van der Waals surface area contributed by atoms with Crippen molar-refractivity contribution in [2.45, 2.75) is 32.9 Å². The fourth-order valence-electron chi connectivity index (χ4n) is 3.87. The molecule has 31 heavy (non-hydrogen) atoms. The number of rotatable bonds is 4. The summed E-state index contributed by atoms with van der Waals surface area (Å²) in [6.07, 6.45) is 0.345. The highest BCUT2D eigenvalue weighted by Gasteiger charge is 2.36. The first-order chi connectivity index (χ1) is 14.6. The minimum absolute atomic E-state index is 0.0298. The van der Waals surface area contributed by atoms with Gasteiger partial charge in [0.15, 0.2) is 21.0 Å². The Kier molecular flexibility index (Phi) is 5.66. The highest BCUT2D eigenvalue weighted by atomic mass is 35.5. The van der Waals surface area contributed by atoms with Crippen molar-refractivity contribution in [3.8, 4) is 0 Å². The summed E-state index contributed by atoms with van der Waals surface area (Å²) in [5.41, 5.74) is 2.61. The minimum Gasteiger partial charge on any atom is -0.450 e. The van der Waals surface area contributed by atoms with Crippen LogP contribution in [0.3, 0.4) is 0 Å². The molecule has 2 heterocycles. The van der Waals surface area contributed by atoms with E-state index in [1.165, 1.54) is 11.0 Å². The number of hydrogen-bond donors (Lipinski definition) is 0. The molecule has 1 fully saturated rings. The Balaban J connectivity index is 1.77. The number of carbonyl (C=O) groups is 1. The first-order valence-corrected chi connectivity index (χ1v) is 12.1. The van der Waals surface area contributed by atoms with Crippen molar-refractivity contribution < 1.29 is 17.6 Å². The molecule has 8 heteroatoms. The molecule has 1 aliphatic rings. The SMILES string of the molecule is Cc1ccc2c(=O)cc(C(=O)N(Cc3ccc(Cl)cc3)[C@H]3CCS(=O)(=O)C3)oc2c1C. The number of sulfone groups is 1. The maximum Gasteiger partial charge on any atom is 0.290 e. The van der Waals surface area contributed by atoms with E-state index in [0.717, 1.165) is 16.7 Å². The van der Waals surface area contributed by atoms with Gasteiger partial charge < -0.3 is 9.32 Å². The van der Waals surface area contributed by atoms with E-state index in [1.54, 1.807) is 30.3 Å². The molecular weight excluding hydrogens is 438 g/mol. The summed E-state index contributed by atoms with van der Waals surface area (Å²) in [6, 6.07) is 11.2. The Labute approximate surface area is 185 Å². The molecule has 4 rings (SSSR count). The summed E-state index contributed by atoms with van der Waals surface area (Å²) in [5, 5.41) is 0.976. The quantitative estimate of drug-likeness (QED) is 0.590. The van der Waals surface area contributed by atoms with Crippen LogP contribution in [0.4, 0.5) is 0 Å². The van der Waals surface area contributed by atoms with Gasteiger partial charge in [-0.25, -0.2) is 8.42 Å². The van der Waals surface area contributed by atoms with Gasteiger partial charge in [0.05, 0.1) is 16.9 Å². The van der Waals surface area contributed by atoms with E-state index in [-0.39, 0.29) is 29.2 Å². The number of halogens is 1. The second kappa shape index (κ2) is 8.13. The smallest absolute Gasteiger partial charge is 0.290 e. The zero-order valence-corrected chi connectivity index (χ0v) is 18.8. The summed E-state index contributed by atoms with van der Waals surface area (Å²) in [5.74, 6) is -0.675.